The smallest absolute Gasteiger partial charge is 0.387 e. The third kappa shape index (κ3) is 4.40. The molecule has 1 fully saturated rings. The van der Waals surface area contributed by atoms with Crippen LogP contribution in [0.4, 0.5) is 8.78 Å². The monoisotopic (exact) mass is 436 g/mol. The number of ether oxygens (including phenoxy) is 2. The third-order valence-electron chi connectivity index (χ3n) is 5.50. The Morgan fingerprint density at radius 1 is 1.06 bits per heavy atom. The average molecular weight is 436 g/mol. The molecule has 1 saturated heterocycles. The zero-order valence-electron chi connectivity index (χ0n) is 17.2. The van der Waals surface area contributed by atoms with Gasteiger partial charge >= 0.3 is 6.61 Å². The van der Waals surface area contributed by atoms with Crippen molar-refractivity contribution in [3.8, 4) is 34.0 Å². The number of fused-ring (bicyclic) bond motifs is 1. The molecule has 32 heavy (non-hydrogen) atoms. The van der Waals surface area contributed by atoms with Gasteiger partial charge in [0.25, 0.3) is 0 Å². The largest absolute Gasteiger partial charge is 0.472 e. The van der Waals surface area contributed by atoms with Gasteiger partial charge in [-0.1, -0.05) is 18.2 Å². The maximum Gasteiger partial charge on any atom is 0.387 e. The topological polar surface area (TPSA) is 72.1 Å². The van der Waals surface area contributed by atoms with Crippen LogP contribution in [0.3, 0.4) is 0 Å². The number of rotatable bonds is 6. The summed E-state index contributed by atoms with van der Waals surface area (Å²) >= 11 is 0. The summed E-state index contributed by atoms with van der Waals surface area (Å²) in [6.07, 6.45) is 7.38. The van der Waals surface area contributed by atoms with Crippen molar-refractivity contribution in [3.05, 3.63) is 61.1 Å². The molecule has 8 heteroatoms. The highest BCUT2D eigenvalue weighted by Gasteiger charge is 2.16. The van der Waals surface area contributed by atoms with Crippen LogP contribution < -0.4 is 14.8 Å². The molecule has 164 valence electrons. The van der Waals surface area contributed by atoms with Gasteiger partial charge in [-0.2, -0.15) is 8.78 Å². The molecule has 5 rings (SSSR count). The zero-order chi connectivity index (χ0) is 21.9. The summed E-state index contributed by atoms with van der Waals surface area (Å²) in [4.78, 5) is 12.3. The first kappa shape index (κ1) is 20.4. The van der Waals surface area contributed by atoms with E-state index in [0.717, 1.165) is 53.5 Å². The number of nitrogens with zero attached hydrogens (tertiary/aromatic N) is 2. The Hall–Kier alpha value is -3.52. The summed E-state index contributed by atoms with van der Waals surface area (Å²) in [5, 5.41) is 4.28. The maximum atomic E-state index is 12.6. The summed E-state index contributed by atoms with van der Waals surface area (Å²) in [7, 11) is 0. The number of aromatic nitrogens is 3. The minimum absolute atomic E-state index is 0.0885. The molecule has 1 atom stereocenters. The Bertz CT molecular complexity index is 1220. The zero-order valence-corrected chi connectivity index (χ0v) is 17.2. The molecule has 0 unspecified atom stereocenters. The van der Waals surface area contributed by atoms with E-state index >= 15 is 0 Å². The Morgan fingerprint density at radius 3 is 2.81 bits per heavy atom. The van der Waals surface area contributed by atoms with Gasteiger partial charge in [0.1, 0.15) is 11.9 Å². The van der Waals surface area contributed by atoms with Crippen molar-refractivity contribution in [2.24, 2.45) is 0 Å². The van der Waals surface area contributed by atoms with Crippen LogP contribution in [0.15, 0.2) is 61.1 Å². The number of H-pyrrole nitrogens is 1. The van der Waals surface area contributed by atoms with Crippen molar-refractivity contribution < 1.29 is 18.3 Å². The number of hydrogen-bond donors (Lipinski definition) is 2. The van der Waals surface area contributed by atoms with Crippen LogP contribution in [-0.2, 0) is 0 Å². The molecular formula is C24H22F2N4O2. The number of aromatic amines is 1. The van der Waals surface area contributed by atoms with E-state index < -0.39 is 6.61 Å². The molecule has 0 spiro atoms. The van der Waals surface area contributed by atoms with E-state index in [1.807, 2.05) is 30.5 Å². The fourth-order valence-electron chi connectivity index (χ4n) is 3.99. The van der Waals surface area contributed by atoms with Gasteiger partial charge in [-0.15, -0.1) is 0 Å². The number of piperidine rings is 1. The second kappa shape index (κ2) is 8.92. The Labute approximate surface area is 183 Å². The highest BCUT2D eigenvalue weighted by atomic mass is 19.3. The van der Waals surface area contributed by atoms with Crippen LogP contribution in [0.5, 0.6) is 11.6 Å². The SMILES string of the molecule is FC(F)Oc1cccc(-c2ccc3[nH]cc(-c4cncc(O[C@@H]5CCCNC5)n4)c3c2)c1. The van der Waals surface area contributed by atoms with Crippen molar-refractivity contribution in [3.63, 3.8) is 0 Å². The molecule has 1 aliphatic rings. The summed E-state index contributed by atoms with van der Waals surface area (Å²) in [6, 6.07) is 12.6. The van der Waals surface area contributed by atoms with Gasteiger partial charge in [-0.05, 0) is 54.8 Å². The molecule has 2 N–H and O–H groups in total. The first-order valence-electron chi connectivity index (χ1n) is 10.5. The first-order chi connectivity index (χ1) is 15.7. The molecular weight excluding hydrogens is 414 g/mol. The van der Waals surface area contributed by atoms with Gasteiger partial charge in [0.15, 0.2) is 0 Å². The summed E-state index contributed by atoms with van der Waals surface area (Å²) in [5.74, 6) is 0.623. The lowest BCUT2D eigenvalue weighted by atomic mass is 10.0. The van der Waals surface area contributed by atoms with E-state index in [2.05, 4.69) is 25.0 Å². The summed E-state index contributed by atoms with van der Waals surface area (Å²) < 4.78 is 35.7. The molecule has 2 aromatic heterocycles. The van der Waals surface area contributed by atoms with Crippen LogP contribution in [0.25, 0.3) is 33.3 Å². The van der Waals surface area contributed by atoms with Gasteiger partial charge in [-0.25, -0.2) is 4.98 Å². The normalized spacial score (nSPS) is 16.4. The Balaban J connectivity index is 1.46. The second-order valence-electron chi connectivity index (χ2n) is 7.70. The third-order valence-corrected chi connectivity index (χ3v) is 5.50. The quantitative estimate of drug-likeness (QED) is 0.444. The van der Waals surface area contributed by atoms with E-state index in [1.165, 1.54) is 6.07 Å². The lowest BCUT2D eigenvalue weighted by Gasteiger charge is -2.23. The van der Waals surface area contributed by atoms with Crippen molar-refractivity contribution in [2.45, 2.75) is 25.6 Å². The van der Waals surface area contributed by atoms with E-state index in [0.29, 0.717) is 11.6 Å². The predicted octanol–water partition coefficient (Wildman–Crippen LogP) is 5.02. The Morgan fingerprint density at radius 2 is 1.97 bits per heavy atom. The van der Waals surface area contributed by atoms with Gasteiger partial charge in [0, 0.05) is 29.2 Å². The average Bonchev–Trinajstić information content (AvgIpc) is 3.23. The van der Waals surface area contributed by atoms with Crippen molar-refractivity contribution in [1.82, 2.24) is 20.3 Å². The number of halogens is 2. The second-order valence-corrected chi connectivity index (χ2v) is 7.70. The van der Waals surface area contributed by atoms with Crippen molar-refractivity contribution in [1.29, 1.82) is 0 Å². The van der Waals surface area contributed by atoms with Crippen molar-refractivity contribution in [2.75, 3.05) is 13.1 Å². The molecule has 0 saturated carbocycles. The molecule has 6 nitrogen and oxygen atoms in total. The minimum Gasteiger partial charge on any atom is -0.472 e. The van der Waals surface area contributed by atoms with Crippen LogP contribution in [-0.4, -0.2) is 40.8 Å². The van der Waals surface area contributed by atoms with Crippen LogP contribution in [0, 0.1) is 0 Å². The van der Waals surface area contributed by atoms with E-state index in [9.17, 15) is 8.78 Å². The van der Waals surface area contributed by atoms with Gasteiger partial charge in [-0.3, -0.25) is 4.98 Å². The van der Waals surface area contributed by atoms with Crippen LogP contribution in [0.1, 0.15) is 12.8 Å². The molecule has 4 aromatic rings. The fraction of sp³-hybridized carbons (Fsp3) is 0.250. The molecule has 0 aliphatic carbocycles. The van der Waals surface area contributed by atoms with Crippen molar-refractivity contribution >= 4 is 10.9 Å². The lowest BCUT2D eigenvalue weighted by Crippen LogP contribution is -2.37. The molecule has 2 aromatic carbocycles. The molecule has 3 heterocycles. The van der Waals surface area contributed by atoms with E-state index in [4.69, 9.17) is 4.74 Å². The summed E-state index contributed by atoms with van der Waals surface area (Å²) in [5.41, 5.74) is 4.19. The van der Waals surface area contributed by atoms with Crippen LogP contribution in [0.2, 0.25) is 0 Å². The Kier molecular flexibility index (Phi) is 5.68. The lowest BCUT2D eigenvalue weighted by molar-refractivity contribution is -0.0498. The van der Waals surface area contributed by atoms with Gasteiger partial charge < -0.3 is 19.8 Å². The van der Waals surface area contributed by atoms with E-state index in [1.54, 1.807) is 24.5 Å². The van der Waals surface area contributed by atoms with E-state index in [-0.39, 0.29) is 11.9 Å². The number of nitrogens with one attached hydrogen (secondary N) is 2. The fourth-order valence-corrected chi connectivity index (χ4v) is 3.99. The molecule has 0 radical (unpaired) electrons. The van der Waals surface area contributed by atoms with Gasteiger partial charge in [0.2, 0.25) is 5.88 Å². The standard InChI is InChI=1S/C24H22F2N4O2/c25-24(26)32-17-4-1-3-15(9-17)16-6-7-21-19(10-16)20(12-29-21)22-13-28-14-23(30-22)31-18-5-2-8-27-11-18/h1,3-4,6-7,9-10,12-14,18,24,27,29H,2,5,8,11H2/t18-/m1/s1. The summed E-state index contributed by atoms with van der Waals surface area (Å²) in [6.45, 7) is -1.04. The first-order valence-corrected chi connectivity index (χ1v) is 10.5. The number of benzene rings is 2. The number of alkyl halides is 2. The highest BCUT2D eigenvalue weighted by Crippen LogP contribution is 2.33. The minimum atomic E-state index is -2.86. The number of hydrogen-bond acceptors (Lipinski definition) is 5. The highest BCUT2D eigenvalue weighted by molar-refractivity contribution is 5.97. The molecule has 0 bridgehead atoms. The van der Waals surface area contributed by atoms with Gasteiger partial charge in [0.05, 0.1) is 18.1 Å². The van der Waals surface area contributed by atoms with Crippen LogP contribution >= 0.6 is 0 Å². The maximum absolute atomic E-state index is 12.6. The molecule has 1 aliphatic heterocycles. The molecule has 0 amide bonds. The predicted molar refractivity (Wildman–Crippen MR) is 118 cm³/mol.